The van der Waals surface area contributed by atoms with Gasteiger partial charge in [0.2, 0.25) is 0 Å². The van der Waals surface area contributed by atoms with Gasteiger partial charge >= 0.3 is 0 Å². The number of hydrogen-bond donors (Lipinski definition) is 1. The molecular formula is C9H12N2S. The van der Waals surface area contributed by atoms with Crippen molar-refractivity contribution in [3.63, 3.8) is 0 Å². The van der Waals surface area contributed by atoms with Crippen LogP contribution in [0.1, 0.15) is 5.56 Å². The maximum Gasteiger partial charge on any atom is 0.120 e. The van der Waals surface area contributed by atoms with Crippen molar-refractivity contribution in [3.8, 4) is 0 Å². The number of nitrogens with one attached hydrogen (secondary N) is 1. The molecule has 0 aromatic heterocycles. The predicted octanol–water partition coefficient (Wildman–Crippen LogP) is 1.43. The van der Waals surface area contributed by atoms with E-state index in [0.29, 0.717) is 0 Å². The summed E-state index contributed by atoms with van der Waals surface area (Å²) < 4.78 is 0. The molecule has 0 atom stereocenters. The molecule has 1 rings (SSSR count). The molecule has 1 aromatic rings. The number of benzene rings is 1. The first-order valence-corrected chi connectivity index (χ1v) is 4.14. The zero-order valence-electron chi connectivity index (χ0n) is 7.24. The molecule has 0 fully saturated rings. The van der Waals surface area contributed by atoms with Crippen LogP contribution in [0.2, 0.25) is 0 Å². The summed E-state index contributed by atoms with van der Waals surface area (Å²) >= 11 is 5.14. The van der Waals surface area contributed by atoms with E-state index >= 15 is 0 Å². The third-order valence-corrected chi connectivity index (χ3v) is 1.69. The molecule has 0 aliphatic carbocycles. The highest BCUT2D eigenvalue weighted by atomic mass is 32.1. The number of hydrazine groups is 1. The molecule has 0 spiro atoms. The van der Waals surface area contributed by atoms with Crippen LogP contribution in [0, 0.1) is 0 Å². The van der Waals surface area contributed by atoms with Crippen molar-refractivity contribution < 1.29 is 0 Å². The van der Waals surface area contributed by atoms with Gasteiger partial charge in [0.05, 0.1) is 0 Å². The number of nitrogens with zero attached hydrogens (tertiary/aromatic N) is 1. The second-order valence-corrected chi connectivity index (χ2v) is 3.11. The molecule has 0 saturated heterocycles. The summed E-state index contributed by atoms with van der Waals surface area (Å²) in [6.07, 6.45) is 0. The highest BCUT2D eigenvalue weighted by Crippen LogP contribution is 1.98. The Kier molecular flexibility index (Phi) is 3.19. The molecule has 0 heterocycles. The molecule has 0 unspecified atom stereocenters. The average Bonchev–Trinajstić information content (AvgIpc) is 2.05. The Morgan fingerprint density at radius 1 is 1.25 bits per heavy atom. The second kappa shape index (κ2) is 4.18. The van der Waals surface area contributed by atoms with E-state index in [2.05, 4.69) is 5.43 Å². The smallest absolute Gasteiger partial charge is 0.120 e. The van der Waals surface area contributed by atoms with Crippen LogP contribution in [0.15, 0.2) is 30.3 Å². The lowest BCUT2D eigenvalue weighted by molar-refractivity contribution is 0.366. The molecule has 0 aliphatic heterocycles. The lowest BCUT2D eigenvalue weighted by Gasteiger charge is -2.13. The third kappa shape index (κ3) is 2.60. The van der Waals surface area contributed by atoms with Crippen molar-refractivity contribution in [1.29, 1.82) is 0 Å². The second-order valence-electron chi connectivity index (χ2n) is 2.70. The first-order valence-electron chi connectivity index (χ1n) is 3.73. The zero-order chi connectivity index (χ0) is 8.97. The van der Waals surface area contributed by atoms with Crippen LogP contribution in [-0.2, 0) is 0 Å². The number of hydrogen-bond acceptors (Lipinski definition) is 2. The van der Waals surface area contributed by atoms with E-state index in [-0.39, 0.29) is 0 Å². The van der Waals surface area contributed by atoms with Crippen LogP contribution in [-0.4, -0.2) is 24.1 Å². The Labute approximate surface area is 78.2 Å². The lowest BCUT2D eigenvalue weighted by Crippen LogP contribution is -2.35. The van der Waals surface area contributed by atoms with Gasteiger partial charge in [0.1, 0.15) is 4.99 Å². The minimum absolute atomic E-state index is 0.751. The highest BCUT2D eigenvalue weighted by molar-refractivity contribution is 7.80. The van der Waals surface area contributed by atoms with E-state index < -0.39 is 0 Å². The molecule has 1 aromatic carbocycles. The summed E-state index contributed by atoms with van der Waals surface area (Å²) in [5.41, 5.74) is 4.07. The Bertz CT molecular complexity index is 256. The summed E-state index contributed by atoms with van der Waals surface area (Å²) in [6, 6.07) is 9.89. The molecule has 0 radical (unpaired) electrons. The summed E-state index contributed by atoms with van der Waals surface area (Å²) in [4.78, 5) is 0.751. The number of rotatable bonds is 2. The minimum Gasteiger partial charge on any atom is -0.309 e. The van der Waals surface area contributed by atoms with Crippen molar-refractivity contribution in [2.24, 2.45) is 0 Å². The molecule has 12 heavy (non-hydrogen) atoms. The van der Waals surface area contributed by atoms with Gasteiger partial charge in [0, 0.05) is 19.7 Å². The third-order valence-electron chi connectivity index (χ3n) is 1.36. The summed E-state index contributed by atoms with van der Waals surface area (Å²) in [7, 11) is 3.82. The topological polar surface area (TPSA) is 15.3 Å². The lowest BCUT2D eigenvalue weighted by atomic mass is 10.2. The van der Waals surface area contributed by atoms with E-state index in [9.17, 15) is 0 Å². The van der Waals surface area contributed by atoms with Gasteiger partial charge in [0.15, 0.2) is 0 Å². The first-order chi connectivity index (χ1) is 5.70. The molecule has 2 nitrogen and oxygen atoms in total. The van der Waals surface area contributed by atoms with Crippen molar-refractivity contribution in [1.82, 2.24) is 10.4 Å². The van der Waals surface area contributed by atoms with Crippen molar-refractivity contribution in [3.05, 3.63) is 35.9 Å². The molecule has 0 aliphatic rings. The number of thiocarbonyl (C=S) groups is 1. The van der Waals surface area contributed by atoms with Crippen LogP contribution in [0.25, 0.3) is 0 Å². The fourth-order valence-electron chi connectivity index (χ4n) is 0.857. The quantitative estimate of drug-likeness (QED) is 0.547. The zero-order valence-corrected chi connectivity index (χ0v) is 8.06. The van der Waals surface area contributed by atoms with Crippen molar-refractivity contribution in [2.45, 2.75) is 0 Å². The van der Waals surface area contributed by atoms with Gasteiger partial charge in [-0.25, -0.2) is 5.01 Å². The highest BCUT2D eigenvalue weighted by Gasteiger charge is 1.98. The van der Waals surface area contributed by atoms with Gasteiger partial charge in [-0.1, -0.05) is 42.5 Å². The molecule has 0 saturated carbocycles. The van der Waals surface area contributed by atoms with Crippen molar-refractivity contribution >= 4 is 17.2 Å². The monoisotopic (exact) mass is 180 g/mol. The Morgan fingerprint density at radius 3 is 2.33 bits per heavy atom. The maximum atomic E-state index is 5.14. The van der Waals surface area contributed by atoms with Gasteiger partial charge in [-0.05, 0) is 0 Å². The van der Waals surface area contributed by atoms with Crippen LogP contribution in [0.4, 0.5) is 0 Å². The minimum atomic E-state index is 0.751. The fourth-order valence-corrected chi connectivity index (χ4v) is 1.18. The molecule has 3 heteroatoms. The predicted molar refractivity (Wildman–Crippen MR) is 55.0 cm³/mol. The van der Waals surface area contributed by atoms with E-state index in [0.717, 1.165) is 10.6 Å². The van der Waals surface area contributed by atoms with E-state index in [1.807, 2.05) is 49.4 Å². The van der Waals surface area contributed by atoms with E-state index in [1.54, 1.807) is 0 Å². The molecule has 0 bridgehead atoms. The van der Waals surface area contributed by atoms with Gasteiger partial charge in [-0.3, -0.25) is 0 Å². The standard InChI is InChI=1S/C9H12N2S/c1-11(2)10-9(12)8-6-4-3-5-7-8/h3-7H,1-2H3,(H,10,12). The van der Waals surface area contributed by atoms with Gasteiger partial charge in [-0.15, -0.1) is 0 Å². The Morgan fingerprint density at radius 2 is 1.83 bits per heavy atom. The SMILES string of the molecule is CN(C)NC(=S)c1ccccc1. The molecular weight excluding hydrogens is 168 g/mol. The first kappa shape index (κ1) is 9.16. The maximum absolute atomic E-state index is 5.14. The Balaban J connectivity index is 2.66. The molecule has 1 N–H and O–H groups in total. The van der Waals surface area contributed by atoms with Gasteiger partial charge in [-0.2, -0.15) is 0 Å². The van der Waals surface area contributed by atoms with E-state index in [4.69, 9.17) is 12.2 Å². The van der Waals surface area contributed by atoms with Crippen LogP contribution < -0.4 is 5.43 Å². The largest absolute Gasteiger partial charge is 0.309 e. The normalized spacial score (nSPS) is 9.92. The fraction of sp³-hybridized carbons (Fsp3) is 0.222. The van der Waals surface area contributed by atoms with Gasteiger partial charge < -0.3 is 5.43 Å². The molecule has 0 amide bonds. The van der Waals surface area contributed by atoms with Gasteiger partial charge in [0.25, 0.3) is 0 Å². The summed E-state index contributed by atoms with van der Waals surface area (Å²) in [6.45, 7) is 0. The van der Waals surface area contributed by atoms with E-state index in [1.165, 1.54) is 0 Å². The van der Waals surface area contributed by atoms with Crippen LogP contribution in [0.3, 0.4) is 0 Å². The van der Waals surface area contributed by atoms with Crippen LogP contribution >= 0.6 is 12.2 Å². The average molecular weight is 180 g/mol. The summed E-state index contributed by atoms with van der Waals surface area (Å²) in [5.74, 6) is 0. The van der Waals surface area contributed by atoms with Crippen LogP contribution in [0.5, 0.6) is 0 Å². The summed E-state index contributed by atoms with van der Waals surface area (Å²) in [5, 5.41) is 1.83. The van der Waals surface area contributed by atoms with Crippen molar-refractivity contribution in [2.75, 3.05) is 14.1 Å². The molecule has 64 valence electrons. The Hall–Kier alpha value is -0.930.